The second-order valence-corrected chi connectivity index (χ2v) is 10.2. The molecule has 1 unspecified atom stereocenters. The van der Waals surface area contributed by atoms with Crippen LogP contribution in [0.4, 0.5) is 5.13 Å². The third-order valence-electron chi connectivity index (χ3n) is 5.52. The van der Waals surface area contributed by atoms with E-state index in [-0.39, 0.29) is 16.5 Å². The van der Waals surface area contributed by atoms with Crippen LogP contribution in [0.5, 0.6) is 5.75 Å². The number of carbonyl (C=O) groups is 2. The highest BCUT2D eigenvalue weighted by atomic mass is 35.5. The summed E-state index contributed by atoms with van der Waals surface area (Å²) in [7, 11) is 1.52. The lowest BCUT2D eigenvalue weighted by Crippen LogP contribution is -2.31. The van der Waals surface area contributed by atoms with E-state index in [0.29, 0.717) is 26.4 Å². The zero-order valence-corrected chi connectivity index (χ0v) is 21.1. The van der Waals surface area contributed by atoms with E-state index in [1.165, 1.54) is 47.4 Å². The smallest absolute Gasteiger partial charge is 0.296 e. The van der Waals surface area contributed by atoms with Gasteiger partial charge in [-0.25, -0.2) is 0 Å². The average molecular weight is 540 g/mol. The molecule has 0 saturated carbocycles. The molecular weight excluding hydrogens is 522 g/mol. The van der Waals surface area contributed by atoms with Gasteiger partial charge >= 0.3 is 0 Å². The number of methoxy groups -OCH3 is 1. The fraction of sp³-hybridized carbons (Fsp3) is 0.120. The van der Waals surface area contributed by atoms with Gasteiger partial charge in [-0.2, -0.15) is 0 Å². The zero-order chi connectivity index (χ0) is 25.2. The van der Waals surface area contributed by atoms with E-state index in [1.54, 1.807) is 30.3 Å². The van der Waals surface area contributed by atoms with Crippen molar-refractivity contribution in [1.29, 1.82) is 0 Å². The Kier molecular flexibility index (Phi) is 6.82. The quantitative estimate of drug-likeness (QED) is 0.168. The molecule has 182 valence electrons. The summed E-state index contributed by atoms with van der Waals surface area (Å²) in [6, 6.07) is 16.5. The number of carbonyl (C=O) groups excluding carboxylic acids is 2. The van der Waals surface area contributed by atoms with Crippen LogP contribution < -0.4 is 9.64 Å². The first-order valence-electron chi connectivity index (χ1n) is 10.7. The Bertz CT molecular complexity index is 1470. The van der Waals surface area contributed by atoms with Crippen LogP contribution in [-0.4, -0.2) is 34.1 Å². The Morgan fingerprint density at radius 3 is 2.78 bits per heavy atom. The molecule has 36 heavy (non-hydrogen) atoms. The molecule has 8 nitrogen and oxygen atoms in total. The maximum absolute atomic E-state index is 13.3. The topological polar surface area (TPSA) is 106 Å². The van der Waals surface area contributed by atoms with Crippen molar-refractivity contribution in [2.24, 2.45) is 0 Å². The summed E-state index contributed by atoms with van der Waals surface area (Å²) in [5.74, 6) is -0.912. The van der Waals surface area contributed by atoms with Crippen LogP contribution >= 0.6 is 34.7 Å². The SMILES string of the molecule is COc1cccc(C2C(C(=O)c3ccco3)=C(O)C(=O)N2c2nnc(SCc3ccccc3Cl)s2)c1. The van der Waals surface area contributed by atoms with E-state index in [1.807, 2.05) is 24.3 Å². The number of furan rings is 1. The van der Waals surface area contributed by atoms with Crippen LogP contribution in [0, 0.1) is 0 Å². The third kappa shape index (κ3) is 4.50. The van der Waals surface area contributed by atoms with Crippen molar-refractivity contribution >= 4 is 51.5 Å². The van der Waals surface area contributed by atoms with Gasteiger partial charge in [-0.1, -0.05) is 65.0 Å². The number of aliphatic hydroxyl groups is 1. The van der Waals surface area contributed by atoms with Crippen molar-refractivity contribution in [1.82, 2.24) is 10.2 Å². The number of aliphatic hydroxyl groups excluding tert-OH is 1. The fourth-order valence-electron chi connectivity index (χ4n) is 3.82. The van der Waals surface area contributed by atoms with E-state index in [9.17, 15) is 14.7 Å². The lowest BCUT2D eigenvalue weighted by Gasteiger charge is -2.24. The second kappa shape index (κ2) is 10.2. The highest BCUT2D eigenvalue weighted by Gasteiger charge is 2.46. The first-order chi connectivity index (χ1) is 17.5. The maximum Gasteiger partial charge on any atom is 0.296 e. The fourth-order valence-corrected chi connectivity index (χ4v) is 5.97. The molecule has 0 bridgehead atoms. The lowest BCUT2D eigenvalue weighted by atomic mass is 9.95. The summed E-state index contributed by atoms with van der Waals surface area (Å²) in [6.45, 7) is 0. The third-order valence-corrected chi connectivity index (χ3v) is 7.99. The molecule has 1 amide bonds. The van der Waals surface area contributed by atoms with E-state index in [0.717, 1.165) is 5.56 Å². The molecule has 2 aromatic heterocycles. The first kappa shape index (κ1) is 24.1. The minimum atomic E-state index is -0.959. The predicted molar refractivity (Wildman–Crippen MR) is 137 cm³/mol. The molecule has 2 aromatic carbocycles. The Balaban J connectivity index is 1.51. The van der Waals surface area contributed by atoms with Gasteiger partial charge in [0.15, 0.2) is 15.9 Å². The molecule has 5 rings (SSSR count). The van der Waals surface area contributed by atoms with Gasteiger partial charge in [-0.15, -0.1) is 10.2 Å². The molecule has 0 aliphatic carbocycles. The Labute approximate surface area is 219 Å². The van der Waals surface area contributed by atoms with E-state index in [2.05, 4.69) is 10.2 Å². The molecule has 1 aliphatic rings. The number of benzene rings is 2. The highest BCUT2D eigenvalue weighted by Crippen LogP contribution is 2.44. The lowest BCUT2D eigenvalue weighted by molar-refractivity contribution is -0.117. The molecule has 0 saturated heterocycles. The minimum Gasteiger partial charge on any atom is -0.503 e. The number of halogens is 1. The number of hydrogen-bond acceptors (Lipinski definition) is 9. The summed E-state index contributed by atoms with van der Waals surface area (Å²) in [5.41, 5.74) is 1.39. The monoisotopic (exact) mass is 539 g/mol. The van der Waals surface area contributed by atoms with Crippen molar-refractivity contribution in [3.63, 3.8) is 0 Å². The number of hydrogen-bond donors (Lipinski definition) is 1. The number of Topliss-reactive ketones (excluding diaryl/α,β-unsaturated/α-hetero) is 1. The first-order valence-corrected chi connectivity index (χ1v) is 12.8. The second-order valence-electron chi connectivity index (χ2n) is 7.65. The van der Waals surface area contributed by atoms with E-state index >= 15 is 0 Å². The molecule has 0 fully saturated rings. The standard InChI is InChI=1S/C25H18ClN3O5S2/c1-33-16-8-4-7-14(12-16)20-19(21(30)18-10-5-11-34-18)22(31)23(32)29(20)24-27-28-25(36-24)35-13-15-6-2-3-9-17(15)26/h2-12,20,31H,13H2,1H3. The number of ketones is 1. The number of ether oxygens (including phenoxy) is 1. The summed E-state index contributed by atoms with van der Waals surface area (Å²) in [4.78, 5) is 27.9. The summed E-state index contributed by atoms with van der Waals surface area (Å²) < 4.78 is 11.2. The van der Waals surface area contributed by atoms with Crippen LogP contribution in [0.15, 0.2) is 87.0 Å². The van der Waals surface area contributed by atoms with Crippen molar-refractivity contribution in [3.8, 4) is 5.75 Å². The van der Waals surface area contributed by atoms with Gasteiger partial charge in [-0.05, 0) is 41.5 Å². The molecular formula is C25H18ClN3O5S2. The molecule has 1 aliphatic heterocycles. The number of anilines is 1. The van der Waals surface area contributed by atoms with E-state index < -0.39 is 23.5 Å². The normalized spacial score (nSPS) is 15.6. The minimum absolute atomic E-state index is 0.00680. The summed E-state index contributed by atoms with van der Waals surface area (Å²) >= 11 is 8.85. The maximum atomic E-state index is 13.3. The number of thioether (sulfide) groups is 1. The van der Waals surface area contributed by atoms with Crippen molar-refractivity contribution in [2.75, 3.05) is 12.0 Å². The van der Waals surface area contributed by atoms with Crippen molar-refractivity contribution < 1.29 is 23.8 Å². The highest BCUT2D eigenvalue weighted by molar-refractivity contribution is 8.00. The van der Waals surface area contributed by atoms with Gasteiger partial charge in [0.2, 0.25) is 10.9 Å². The Hall–Kier alpha value is -3.60. The number of aromatic nitrogens is 2. The molecule has 4 aromatic rings. The average Bonchev–Trinajstić information content (AvgIpc) is 3.64. The van der Waals surface area contributed by atoms with Gasteiger partial charge in [0.1, 0.15) is 5.75 Å². The van der Waals surface area contributed by atoms with Crippen LogP contribution in [0.2, 0.25) is 5.02 Å². The van der Waals surface area contributed by atoms with Crippen LogP contribution in [0.1, 0.15) is 27.7 Å². The van der Waals surface area contributed by atoms with Crippen molar-refractivity contribution in [2.45, 2.75) is 16.1 Å². The van der Waals surface area contributed by atoms with Crippen molar-refractivity contribution in [3.05, 3.63) is 100 Å². The van der Waals surface area contributed by atoms with Crippen LogP contribution in [0.25, 0.3) is 0 Å². The summed E-state index contributed by atoms with van der Waals surface area (Å²) in [5, 5.41) is 20.1. The number of rotatable bonds is 8. The predicted octanol–water partition coefficient (Wildman–Crippen LogP) is 5.87. The number of nitrogens with zero attached hydrogens (tertiary/aromatic N) is 3. The zero-order valence-electron chi connectivity index (χ0n) is 18.8. The summed E-state index contributed by atoms with van der Waals surface area (Å²) in [6.07, 6.45) is 1.35. The van der Waals surface area contributed by atoms with Gasteiger partial charge < -0.3 is 14.3 Å². The largest absolute Gasteiger partial charge is 0.503 e. The van der Waals surface area contributed by atoms with Gasteiger partial charge in [0, 0.05) is 10.8 Å². The van der Waals surface area contributed by atoms with Crippen LogP contribution in [0.3, 0.4) is 0 Å². The molecule has 3 heterocycles. The Morgan fingerprint density at radius 1 is 1.19 bits per heavy atom. The molecule has 1 N–H and O–H groups in total. The van der Waals surface area contributed by atoms with E-state index in [4.69, 9.17) is 20.8 Å². The van der Waals surface area contributed by atoms with Gasteiger partial charge in [0.25, 0.3) is 5.91 Å². The molecule has 0 spiro atoms. The van der Waals surface area contributed by atoms with Crippen LogP contribution in [-0.2, 0) is 10.5 Å². The molecule has 0 radical (unpaired) electrons. The van der Waals surface area contributed by atoms with Gasteiger partial charge in [0.05, 0.1) is 25.0 Å². The van der Waals surface area contributed by atoms with Gasteiger partial charge in [-0.3, -0.25) is 14.5 Å². The molecule has 11 heteroatoms. The number of amides is 1. The Morgan fingerprint density at radius 2 is 2.03 bits per heavy atom. The molecule has 1 atom stereocenters.